The number of anilines is 1. The van der Waals surface area contributed by atoms with Crippen LogP contribution >= 0.6 is 0 Å². The molecular formula is C10H15N3O4. The van der Waals surface area contributed by atoms with Crippen molar-refractivity contribution >= 4 is 17.6 Å². The van der Waals surface area contributed by atoms with Gasteiger partial charge in [0.05, 0.1) is 24.4 Å². The van der Waals surface area contributed by atoms with Crippen molar-refractivity contribution in [3.05, 3.63) is 12.4 Å². The van der Waals surface area contributed by atoms with Gasteiger partial charge >= 0.3 is 5.97 Å². The lowest BCUT2D eigenvalue weighted by Crippen LogP contribution is -2.18. The molecule has 0 aromatic carbocycles. The number of methoxy groups -OCH3 is 1. The Kier molecular flexibility index (Phi) is 4.65. The summed E-state index contributed by atoms with van der Waals surface area (Å²) < 4.78 is 6.19. The van der Waals surface area contributed by atoms with Gasteiger partial charge in [0, 0.05) is 13.3 Å². The van der Waals surface area contributed by atoms with E-state index >= 15 is 0 Å². The quantitative estimate of drug-likeness (QED) is 0.748. The summed E-state index contributed by atoms with van der Waals surface area (Å²) >= 11 is 0. The highest BCUT2D eigenvalue weighted by Gasteiger charge is 2.09. The molecule has 0 aliphatic heterocycles. The lowest BCUT2D eigenvalue weighted by Gasteiger charge is -2.08. The summed E-state index contributed by atoms with van der Waals surface area (Å²) in [5, 5.41) is 14.9. The van der Waals surface area contributed by atoms with Gasteiger partial charge in [-0.25, -0.2) is 0 Å². The van der Waals surface area contributed by atoms with E-state index in [1.165, 1.54) is 24.2 Å². The molecule has 7 nitrogen and oxygen atoms in total. The number of amides is 1. The van der Waals surface area contributed by atoms with Crippen LogP contribution in [0.15, 0.2) is 12.4 Å². The van der Waals surface area contributed by atoms with Gasteiger partial charge < -0.3 is 15.2 Å². The highest BCUT2D eigenvalue weighted by molar-refractivity contribution is 5.90. The van der Waals surface area contributed by atoms with Gasteiger partial charge in [-0.1, -0.05) is 0 Å². The van der Waals surface area contributed by atoms with E-state index in [-0.39, 0.29) is 25.0 Å². The number of hydrogen-bond acceptors (Lipinski definition) is 4. The Hall–Kier alpha value is -1.89. The topological polar surface area (TPSA) is 93.5 Å². The Morgan fingerprint density at radius 3 is 2.94 bits per heavy atom. The van der Waals surface area contributed by atoms with Crippen molar-refractivity contribution in [2.24, 2.45) is 0 Å². The Labute approximate surface area is 98.4 Å². The molecule has 0 aliphatic rings. The van der Waals surface area contributed by atoms with E-state index in [2.05, 4.69) is 10.4 Å². The van der Waals surface area contributed by atoms with Crippen molar-refractivity contribution in [1.82, 2.24) is 9.78 Å². The molecule has 2 N–H and O–H groups in total. The number of ether oxygens (including phenoxy) is 1. The maximum atomic E-state index is 11.5. The Morgan fingerprint density at radius 2 is 2.35 bits per heavy atom. The van der Waals surface area contributed by atoms with Crippen LogP contribution in [-0.2, 0) is 20.9 Å². The van der Waals surface area contributed by atoms with E-state index < -0.39 is 5.97 Å². The van der Waals surface area contributed by atoms with Crippen molar-refractivity contribution in [2.45, 2.75) is 26.0 Å². The average molecular weight is 241 g/mol. The average Bonchev–Trinajstić information content (AvgIpc) is 2.63. The summed E-state index contributed by atoms with van der Waals surface area (Å²) in [6.45, 7) is 1.55. The summed E-state index contributed by atoms with van der Waals surface area (Å²) in [7, 11) is 1.53. The molecule has 0 bridgehead atoms. The van der Waals surface area contributed by atoms with Crippen LogP contribution in [0.3, 0.4) is 0 Å². The Morgan fingerprint density at radius 1 is 1.65 bits per heavy atom. The molecule has 1 rings (SSSR count). The fraction of sp³-hybridized carbons (Fsp3) is 0.500. The zero-order chi connectivity index (χ0) is 12.8. The summed E-state index contributed by atoms with van der Waals surface area (Å²) in [4.78, 5) is 21.9. The molecular weight excluding hydrogens is 226 g/mol. The largest absolute Gasteiger partial charge is 0.480 e. The first kappa shape index (κ1) is 13.2. The van der Waals surface area contributed by atoms with E-state index in [1.54, 1.807) is 6.92 Å². The van der Waals surface area contributed by atoms with Crippen LogP contribution in [-0.4, -0.2) is 40.0 Å². The molecule has 1 atom stereocenters. The van der Waals surface area contributed by atoms with Crippen molar-refractivity contribution < 1.29 is 19.4 Å². The predicted octanol–water partition coefficient (Wildman–Crippen LogP) is 0.331. The van der Waals surface area contributed by atoms with Gasteiger partial charge in [-0.2, -0.15) is 5.10 Å². The molecule has 1 aromatic heterocycles. The van der Waals surface area contributed by atoms with Crippen LogP contribution in [0.4, 0.5) is 5.69 Å². The first-order chi connectivity index (χ1) is 8.01. The van der Waals surface area contributed by atoms with Gasteiger partial charge in [0.25, 0.3) is 0 Å². The lowest BCUT2D eigenvalue weighted by atomic mass is 10.2. The van der Waals surface area contributed by atoms with Crippen LogP contribution in [0.5, 0.6) is 0 Å². The number of carbonyl (C=O) groups is 2. The van der Waals surface area contributed by atoms with E-state index in [0.717, 1.165) is 0 Å². The molecule has 0 spiro atoms. The molecule has 7 heteroatoms. The third-order valence-electron chi connectivity index (χ3n) is 2.09. The molecule has 1 heterocycles. The van der Waals surface area contributed by atoms with Crippen LogP contribution in [0, 0.1) is 0 Å². The molecule has 1 unspecified atom stereocenters. The molecule has 0 saturated carbocycles. The van der Waals surface area contributed by atoms with Crippen molar-refractivity contribution in [3.63, 3.8) is 0 Å². The maximum Gasteiger partial charge on any atom is 0.325 e. The SMILES string of the molecule is COC(C)CC(=O)Nc1cnn(CC(=O)O)c1. The standard InChI is InChI=1S/C10H15N3O4/c1-7(17-2)3-9(14)12-8-4-11-13(5-8)6-10(15)16/h4-5,7H,3,6H2,1-2H3,(H,12,14)(H,15,16). The molecule has 0 radical (unpaired) electrons. The first-order valence-electron chi connectivity index (χ1n) is 5.08. The Bertz CT molecular complexity index is 402. The first-order valence-corrected chi connectivity index (χ1v) is 5.08. The molecule has 1 amide bonds. The number of nitrogens with one attached hydrogen (secondary N) is 1. The molecule has 0 saturated heterocycles. The van der Waals surface area contributed by atoms with Gasteiger partial charge in [-0.3, -0.25) is 14.3 Å². The van der Waals surface area contributed by atoms with Gasteiger partial charge in [0.15, 0.2) is 0 Å². The third kappa shape index (κ3) is 4.64. The monoisotopic (exact) mass is 241 g/mol. The number of carboxylic acids is 1. The number of carbonyl (C=O) groups excluding carboxylic acids is 1. The zero-order valence-corrected chi connectivity index (χ0v) is 9.71. The molecule has 17 heavy (non-hydrogen) atoms. The fourth-order valence-electron chi connectivity index (χ4n) is 1.21. The second kappa shape index (κ2) is 6.00. The van der Waals surface area contributed by atoms with Gasteiger partial charge in [-0.15, -0.1) is 0 Å². The minimum atomic E-state index is -0.987. The summed E-state index contributed by atoms with van der Waals surface area (Å²) in [5.74, 6) is -1.19. The molecule has 1 aromatic rings. The second-order valence-corrected chi connectivity index (χ2v) is 3.62. The van der Waals surface area contributed by atoms with Gasteiger partial charge in [0.2, 0.25) is 5.91 Å². The molecule has 0 aliphatic carbocycles. The summed E-state index contributed by atoms with van der Waals surface area (Å²) in [6.07, 6.45) is 2.94. The van der Waals surface area contributed by atoms with E-state index in [1.807, 2.05) is 0 Å². The second-order valence-electron chi connectivity index (χ2n) is 3.62. The van der Waals surface area contributed by atoms with Crippen molar-refractivity contribution in [1.29, 1.82) is 0 Å². The van der Waals surface area contributed by atoms with Crippen LogP contribution < -0.4 is 5.32 Å². The Balaban J connectivity index is 2.48. The minimum Gasteiger partial charge on any atom is -0.480 e. The predicted molar refractivity (Wildman–Crippen MR) is 59.6 cm³/mol. The van der Waals surface area contributed by atoms with Crippen LogP contribution in [0.1, 0.15) is 13.3 Å². The lowest BCUT2D eigenvalue weighted by molar-refractivity contribution is -0.137. The van der Waals surface area contributed by atoms with Gasteiger partial charge in [-0.05, 0) is 6.92 Å². The van der Waals surface area contributed by atoms with E-state index in [0.29, 0.717) is 5.69 Å². The van der Waals surface area contributed by atoms with Crippen LogP contribution in [0.25, 0.3) is 0 Å². The number of rotatable bonds is 6. The summed E-state index contributed by atoms with van der Waals surface area (Å²) in [6, 6.07) is 0. The maximum absolute atomic E-state index is 11.5. The minimum absolute atomic E-state index is 0.163. The highest BCUT2D eigenvalue weighted by atomic mass is 16.5. The smallest absolute Gasteiger partial charge is 0.325 e. The van der Waals surface area contributed by atoms with Crippen molar-refractivity contribution in [2.75, 3.05) is 12.4 Å². The zero-order valence-electron chi connectivity index (χ0n) is 9.71. The number of aliphatic carboxylic acids is 1. The number of aromatic nitrogens is 2. The molecule has 0 fully saturated rings. The third-order valence-corrected chi connectivity index (χ3v) is 2.09. The van der Waals surface area contributed by atoms with Crippen molar-refractivity contribution in [3.8, 4) is 0 Å². The number of hydrogen-bond donors (Lipinski definition) is 2. The number of nitrogens with zero attached hydrogens (tertiary/aromatic N) is 2. The van der Waals surface area contributed by atoms with Crippen LogP contribution in [0.2, 0.25) is 0 Å². The van der Waals surface area contributed by atoms with E-state index in [9.17, 15) is 9.59 Å². The summed E-state index contributed by atoms with van der Waals surface area (Å²) in [5.41, 5.74) is 0.472. The normalized spacial score (nSPS) is 12.1. The van der Waals surface area contributed by atoms with Gasteiger partial charge in [0.1, 0.15) is 6.54 Å². The number of carboxylic acid groups (broad SMARTS) is 1. The fourth-order valence-corrected chi connectivity index (χ4v) is 1.21. The highest BCUT2D eigenvalue weighted by Crippen LogP contribution is 2.06. The molecule has 94 valence electrons. The van der Waals surface area contributed by atoms with E-state index in [4.69, 9.17) is 9.84 Å².